The third kappa shape index (κ3) is 3.99. The summed E-state index contributed by atoms with van der Waals surface area (Å²) in [5, 5.41) is 7.30. The van der Waals surface area contributed by atoms with E-state index in [1.165, 1.54) is 58.5 Å². The van der Waals surface area contributed by atoms with Crippen molar-refractivity contribution in [2.45, 2.75) is 38.3 Å². The minimum atomic E-state index is -0.520. The molecule has 1 radical (unpaired) electrons. The van der Waals surface area contributed by atoms with Gasteiger partial charge in [-0.25, -0.2) is 0 Å². The van der Waals surface area contributed by atoms with Gasteiger partial charge in [0, 0.05) is 0 Å². The monoisotopic (exact) mass is 367 g/mol. The van der Waals surface area contributed by atoms with Crippen molar-refractivity contribution in [3.8, 4) is 0 Å². The van der Waals surface area contributed by atoms with E-state index in [1.807, 2.05) is 0 Å². The van der Waals surface area contributed by atoms with Crippen molar-refractivity contribution in [3.05, 3.63) is 90.5 Å². The Morgan fingerprint density at radius 1 is 0.630 bits per heavy atom. The first-order valence-electron chi connectivity index (χ1n) is 10.2. The van der Waals surface area contributed by atoms with Gasteiger partial charge in [-0.1, -0.05) is 122 Å². The van der Waals surface area contributed by atoms with Crippen LogP contribution in [0.15, 0.2) is 84.9 Å². The molecule has 0 fully saturated rings. The molecule has 0 saturated heterocycles. The van der Waals surface area contributed by atoms with Crippen molar-refractivity contribution in [1.29, 1.82) is 0 Å². The topological polar surface area (TPSA) is 0 Å². The predicted octanol–water partition coefficient (Wildman–Crippen LogP) is 6.74. The molecule has 0 amide bonds. The number of aryl methyl sites for hydroxylation is 1. The van der Waals surface area contributed by atoms with Crippen LogP contribution in [0, 0.1) is 0 Å². The molecule has 0 nitrogen and oxygen atoms in total. The molecule has 27 heavy (non-hydrogen) atoms. The SMILES string of the molecule is CCC[Si](CCCc1cccc2ccccc12)c1cccc2ccccc12. The predicted molar refractivity (Wildman–Crippen MR) is 122 cm³/mol. The van der Waals surface area contributed by atoms with Crippen LogP contribution in [0.25, 0.3) is 21.5 Å². The number of rotatable bonds is 7. The molecule has 0 bridgehead atoms. The highest BCUT2D eigenvalue weighted by molar-refractivity contribution is 6.75. The second-order valence-electron chi connectivity index (χ2n) is 7.37. The molecule has 0 unspecified atom stereocenters. The van der Waals surface area contributed by atoms with E-state index in [0.717, 1.165) is 0 Å². The first-order valence-corrected chi connectivity index (χ1v) is 12.1. The molecular weight excluding hydrogens is 340 g/mol. The molecule has 0 N–H and O–H groups in total. The number of hydrogen-bond acceptors (Lipinski definition) is 0. The van der Waals surface area contributed by atoms with Crippen molar-refractivity contribution < 1.29 is 0 Å². The molecule has 4 aromatic carbocycles. The number of benzene rings is 4. The van der Waals surface area contributed by atoms with Gasteiger partial charge >= 0.3 is 0 Å². The summed E-state index contributed by atoms with van der Waals surface area (Å²) in [6, 6.07) is 34.1. The second kappa shape index (κ2) is 8.54. The highest BCUT2D eigenvalue weighted by Crippen LogP contribution is 2.22. The van der Waals surface area contributed by atoms with E-state index in [4.69, 9.17) is 0 Å². The van der Waals surface area contributed by atoms with Crippen LogP contribution in [0.1, 0.15) is 25.3 Å². The van der Waals surface area contributed by atoms with Crippen molar-refractivity contribution in [1.82, 2.24) is 0 Å². The zero-order chi connectivity index (χ0) is 18.5. The molecule has 135 valence electrons. The molecular formula is C26H27Si. The van der Waals surface area contributed by atoms with E-state index in [2.05, 4.69) is 91.9 Å². The maximum absolute atomic E-state index is 2.39. The Kier molecular flexibility index (Phi) is 5.69. The van der Waals surface area contributed by atoms with Crippen LogP contribution in [0.4, 0.5) is 0 Å². The van der Waals surface area contributed by atoms with Crippen molar-refractivity contribution in [2.24, 2.45) is 0 Å². The highest BCUT2D eigenvalue weighted by Gasteiger charge is 2.15. The first-order chi connectivity index (χ1) is 13.4. The second-order valence-corrected chi connectivity index (χ2v) is 10.1. The lowest BCUT2D eigenvalue weighted by Gasteiger charge is -2.17. The average Bonchev–Trinajstić information content (AvgIpc) is 2.73. The van der Waals surface area contributed by atoms with E-state index in [9.17, 15) is 0 Å². The van der Waals surface area contributed by atoms with Gasteiger partial charge in [0.25, 0.3) is 0 Å². The Labute approximate surface area is 164 Å². The summed E-state index contributed by atoms with van der Waals surface area (Å²) < 4.78 is 0. The Morgan fingerprint density at radius 2 is 1.26 bits per heavy atom. The fourth-order valence-corrected chi connectivity index (χ4v) is 7.17. The summed E-state index contributed by atoms with van der Waals surface area (Å²) >= 11 is 0. The van der Waals surface area contributed by atoms with E-state index in [1.54, 1.807) is 5.19 Å². The van der Waals surface area contributed by atoms with E-state index in [-0.39, 0.29) is 0 Å². The van der Waals surface area contributed by atoms with Crippen molar-refractivity contribution in [3.63, 3.8) is 0 Å². The highest BCUT2D eigenvalue weighted by atomic mass is 28.3. The fraction of sp³-hybridized carbons (Fsp3) is 0.231. The lowest BCUT2D eigenvalue weighted by molar-refractivity contribution is 0.908. The first kappa shape index (κ1) is 18.0. The zero-order valence-electron chi connectivity index (χ0n) is 16.1. The third-order valence-electron chi connectivity index (χ3n) is 5.53. The molecule has 1 heteroatoms. The van der Waals surface area contributed by atoms with Gasteiger partial charge in [-0.2, -0.15) is 0 Å². The molecule has 4 aromatic rings. The molecule has 0 aromatic heterocycles. The van der Waals surface area contributed by atoms with Gasteiger partial charge < -0.3 is 0 Å². The maximum Gasteiger partial charge on any atom is 0.0864 e. The Morgan fingerprint density at radius 3 is 2.04 bits per heavy atom. The summed E-state index contributed by atoms with van der Waals surface area (Å²) in [7, 11) is -0.520. The molecule has 0 atom stereocenters. The van der Waals surface area contributed by atoms with Crippen LogP contribution in [0.5, 0.6) is 0 Å². The standard InChI is InChI=1S/C26H27Si/c1-2-19-27(26-18-8-14-23-11-4-6-17-25(23)26)20-9-15-22-13-7-12-21-10-3-5-16-24(21)22/h3-8,10-14,16-18H,2,9,15,19-20H2,1H3. The molecule has 0 heterocycles. The van der Waals surface area contributed by atoms with Crippen LogP contribution < -0.4 is 5.19 Å². The van der Waals surface area contributed by atoms with Gasteiger partial charge in [-0.05, 0) is 33.5 Å². The smallest absolute Gasteiger partial charge is 0.0656 e. The lowest BCUT2D eigenvalue weighted by Crippen LogP contribution is -2.30. The summed E-state index contributed by atoms with van der Waals surface area (Å²) in [6.07, 6.45) is 3.75. The van der Waals surface area contributed by atoms with Gasteiger partial charge in [0.2, 0.25) is 0 Å². The molecule has 0 aliphatic carbocycles. The largest absolute Gasteiger partial charge is 0.0864 e. The van der Waals surface area contributed by atoms with Gasteiger partial charge in [0.1, 0.15) is 0 Å². The average molecular weight is 368 g/mol. The van der Waals surface area contributed by atoms with Gasteiger partial charge in [0.15, 0.2) is 0 Å². The van der Waals surface area contributed by atoms with E-state index >= 15 is 0 Å². The molecule has 0 spiro atoms. The number of fused-ring (bicyclic) bond motifs is 2. The van der Waals surface area contributed by atoms with Crippen molar-refractivity contribution >= 4 is 35.5 Å². The summed E-state index contributed by atoms with van der Waals surface area (Å²) in [5.74, 6) is 0. The molecule has 0 aliphatic rings. The Bertz CT molecular complexity index is 1020. The zero-order valence-corrected chi connectivity index (χ0v) is 17.1. The maximum atomic E-state index is 2.39. The van der Waals surface area contributed by atoms with Gasteiger partial charge in [0.05, 0.1) is 8.80 Å². The lowest BCUT2D eigenvalue weighted by atomic mass is 10.0. The normalized spacial score (nSPS) is 11.5. The van der Waals surface area contributed by atoms with Crippen molar-refractivity contribution in [2.75, 3.05) is 0 Å². The number of hydrogen-bond donors (Lipinski definition) is 0. The minimum Gasteiger partial charge on any atom is -0.0656 e. The third-order valence-corrected chi connectivity index (χ3v) is 8.79. The molecule has 0 saturated carbocycles. The van der Waals surface area contributed by atoms with Crippen LogP contribution in [0.2, 0.25) is 12.1 Å². The quantitative estimate of drug-likeness (QED) is 0.317. The van der Waals surface area contributed by atoms with Crippen LogP contribution in [-0.2, 0) is 6.42 Å². The Balaban J connectivity index is 1.54. The summed E-state index contributed by atoms with van der Waals surface area (Å²) in [4.78, 5) is 0. The van der Waals surface area contributed by atoms with E-state index in [0.29, 0.717) is 0 Å². The fourth-order valence-electron chi connectivity index (χ4n) is 4.23. The van der Waals surface area contributed by atoms with Crippen LogP contribution in [-0.4, -0.2) is 8.80 Å². The summed E-state index contributed by atoms with van der Waals surface area (Å²) in [6.45, 7) is 2.33. The minimum absolute atomic E-state index is 0.520. The van der Waals surface area contributed by atoms with Gasteiger partial charge in [-0.3, -0.25) is 0 Å². The van der Waals surface area contributed by atoms with Gasteiger partial charge in [-0.15, -0.1) is 0 Å². The molecule has 0 aliphatic heterocycles. The van der Waals surface area contributed by atoms with Crippen LogP contribution >= 0.6 is 0 Å². The Hall–Kier alpha value is -2.38. The van der Waals surface area contributed by atoms with E-state index < -0.39 is 8.80 Å². The molecule has 4 rings (SSSR count). The summed E-state index contributed by atoms with van der Waals surface area (Å²) in [5.41, 5.74) is 1.50. The van der Waals surface area contributed by atoms with Crippen LogP contribution in [0.3, 0.4) is 0 Å².